The lowest BCUT2D eigenvalue weighted by molar-refractivity contribution is 0.320. The minimum Gasteiger partial charge on any atom is -0.384 e. The lowest BCUT2D eigenvalue weighted by Crippen LogP contribution is -2.19. The highest BCUT2D eigenvalue weighted by atomic mass is 15.1. The molecule has 1 saturated heterocycles. The van der Waals surface area contributed by atoms with Gasteiger partial charge in [0.05, 0.1) is 0 Å². The third-order valence-electron chi connectivity index (χ3n) is 2.76. The van der Waals surface area contributed by atoms with Gasteiger partial charge >= 0.3 is 0 Å². The largest absolute Gasteiger partial charge is 0.384 e. The van der Waals surface area contributed by atoms with Crippen molar-refractivity contribution < 1.29 is 0 Å². The van der Waals surface area contributed by atoms with Crippen molar-refractivity contribution >= 4 is 5.82 Å². The zero-order chi connectivity index (χ0) is 9.97. The van der Waals surface area contributed by atoms with Crippen LogP contribution in [0.25, 0.3) is 0 Å². The molecule has 0 aliphatic carbocycles. The van der Waals surface area contributed by atoms with Gasteiger partial charge < -0.3 is 5.73 Å². The molecule has 0 aromatic carbocycles. The first-order valence-electron chi connectivity index (χ1n) is 5.17. The molecule has 1 aliphatic heterocycles. The number of nitrogens with zero attached hydrogens (tertiary/aromatic N) is 2. The molecule has 76 valence electrons. The van der Waals surface area contributed by atoms with E-state index in [0.717, 1.165) is 12.5 Å². The molecule has 1 aromatic rings. The van der Waals surface area contributed by atoms with Crippen LogP contribution >= 0.6 is 0 Å². The molecule has 1 aromatic heterocycles. The number of pyridine rings is 1. The van der Waals surface area contributed by atoms with Gasteiger partial charge in [-0.2, -0.15) is 0 Å². The predicted octanol–water partition coefficient (Wildman–Crippen LogP) is 1.51. The summed E-state index contributed by atoms with van der Waals surface area (Å²) in [7, 11) is 0. The molecule has 0 spiro atoms. The maximum Gasteiger partial charge on any atom is 0.123 e. The Labute approximate surface area is 84.9 Å². The quantitative estimate of drug-likeness (QED) is 0.770. The summed E-state index contributed by atoms with van der Waals surface area (Å²) in [5.41, 5.74) is 6.90. The van der Waals surface area contributed by atoms with Crippen molar-refractivity contribution in [2.75, 3.05) is 18.8 Å². The Hall–Kier alpha value is -1.09. The molecule has 2 rings (SSSR count). The fourth-order valence-electron chi connectivity index (χ4n) is 2.02. The topological polar surface area (TPSA) is 42.2 Å². The van der Waals surface area contributed by atoms with Gasteiger partial charge in [0, 0.05) is 19.3 Å². The molecule has 1 fully saturated rings. The highest BCUT2D eigenvalue weighted by Crippen LogP contribution is 2.17. The summed E-state index contributed by atoms with van der Waals surface area (Å²) in [6, 6.07) is 4.00. The molecule has 2 heterocycles. The van der Waals surface area contributed by atoms with Crippen LogP contribution in [0.1, 0.15) is 18.9 Å². The maximum absolute atomic E-state index is 5.63. The first-order valence-corrected chi connectivity index (χ1v) is 5.17. The van der Waals surface area contributed by atoms with Gasteiger partial charge in [0.2, 0.25) is 0 Å². The number of aromatic nitrogens is 1. The van der Waals surface area contributed by atoms with Gasteiger partial charge in [-0.05, 0) is 36.6 Å². The van der Waals surface area contributed by atoms with E-state index in [2.05, 4.69) is 16.8 Å². The van der Waals surface area contributed by atoms with Crippen LogP contribution in [0.2, 0.25) is 0 Å². The normalized spacial score (nSPS) is 22.8. The molecule has 0 saturated carbocycles. The molecule has 0 radical (unpaired) electrons. The van der Waals surface area contributed by atoms with Crippen LogP contribution < -0.4 is 5.73 Å². The van der Waals surface area contributed by atoms with Crippen molar-refractivity contribution in [1.82, 2.24) is 9.88 Å². The lowest BCUT2D eigenvalue weighted by Gasteiger charge is -2.15. The number of hydrogen-bond acceptors (Lipinski definition) is 3. The van der Waals surface area contributed by atoms with Crippen LogP contribution in [0.3, 0.4) is 0 Å². The molecule has 2 N–H and O–H groups in total. The Kier molecular flexibility index (Phi) is 2.68. The zero-order valence-electron chi connectivity index (χ0n) is 8.61. The number of nitrogen functional groups attached to an aromatic ring is 1. The van der Waals surface area contributed by atoms with Crippen molar-refractivity contribution in [3.8, 4) is 0 Å². The van der Waals surface area contributed by atoms with Crippen molar-refractivity contribution in [1.29, 1.82) is 0 Å². The number of likely N-dealkylation sites (tertiary alicyclic amines) is 1. The van der Waals surface area contributed by atoms with Gasteiger partial charge in [0.1, 0.15) is 5.82 Å². The average molecular weight is 191 g/mol. The smallest absolute Gasteiger partial charge is 0.123 e. The fraction of sp³-hybridized carbons (Fsp3) is 0.545. The van der Waals surface area contributed by atoms with Crippen LogP contribution in [-0.4, -0.2) is 23.0 Å². The van der Waals surface area contributed by atoms with E-state index in [9.17, 15) is 0 Å². The van der Waals surface area contributed by atoms with E-state index in [-0.39, 0.29) is 0 Å². The van der Waals surface area contributed by atoms with Gasteiger partial charge in [-0.25, -0.2) is 4.98 Å². The summed E-state index contributed by atoms with van der Waals surface area (Å²) in [5.74, 6) is 1.46. The summed E-state index contributed by atoms with van der Waals surface area (Å²) < 4.78 is 0. The Morgan fingerprint density at radius 1 is 1.64 bits per heavy atom. The van der Waals surface area contributed by atoms with Crippen molar-refractivity contribution in [3.05, 3.63) is 23.9 Å². The highest BCUT2D eigenvalue weighted by molar-refractivity contribution is 5.31. The first-order chi connectivity index (χ1) is 6.74. The van der Waals surface area contributed by atoms with E-state index >= 15 is 0 Å². The molecule has 1 unspecified atom stereocenters. The molecule has 1 aliphatic rings. The molecule has 3 heteroatoms. The summed E-state index contributed by atoms with van der Waals surface area (Å²) in [6.45, 7) is 5.74. The Bertz CT molecular complexity index is 311. The van der Waals surface area contributed by atoms with Crippen molar-refractivity contribution in [3.63, 3.8) is 0 Å². The number of rotatable bonds is 2. The third-order valence-corrected chi connectivity index (χ3v) is 2.76. The van der Waals surface area contributed by atoms with Crippen LogP contribution in [-0.2, 0) is 6.54 Å². The van der Waals surface area contributed by atoms with Gasteiger partial charge in [-0.3, -0.25) is 4.90 Å². The molecular formula is C11H17N3. The molecule has 0 amide bonds. The van der Waals surface area contributed by atoms with Crippen molar-refractivity contribution in [2.24, 2.45) is 5.92 Å². The SMILES string of the molecule is CC1CCN(Cc2ccnc(N)c2)C1. The van der Waals surface area contributed by atoms with Crippen LogP contribution in [0, 0.1) is 5.92 Å². The Morgan fingerprint density at radius 2 is 2.50 bits per heavy atom. The fourth-order valence-corrected chi connectivity index (χ4v) is 2.02. The standard InChI is InChI=1S/C11H17N3/c1-9-3-5-14(7-9)8-10-2-4-13-11(12)6-10/h2,4,6,9H,3,5,7-8H2,1H3,(H2,12,13). The Balaban J connectivity index is 1.97. The third kappa shape index (κ3) is 2.23. The minimum absolute atomic E-state index is 0.620. The van der Waals surface area contributed by atoms with Crippen molar-refractivity contribution in [2.45, 2.75) is 19.9 Å². The first kappa shape index (κ1) is 9.46. The van der Waals surface area contributed by atoms with E-state index in [1.807, 2.05) is 12.1 Å². The summed E-state index contributed by atoms with van der Waals surface area (Å²) >= 11 is 0. The lowest BCUT2D eigenvalue weighted by atomic mass is 10.2. The van der Waals surface area contributed by atoms with Gasteiger partial charge in [0.25, 0.3) is 0 Å². The maximum atomic E-state index is 5.63. The number of anilines is 1. The van der Waals surface area contributed by atoms with E-state index in [0.29, 0.717) is 5.82 Å². The van der Waals surface area contributed by atoms with Gasteiger partial charge in [0.15, 0.2) is 0 Å². The highest BCUT2D eigenvalue weighted by Gasteiger charge is 2.18. The van der Waals surface area contributed by atoms with E-state index in [1.54, 1.807) is 6.20 Å². The van der Waals surface area contributed by atoms with Crippen LogP contribution in [0.5, 0.6) is 0 Å². The molecule has 0 bridgehead atoms. The predicted molar refractivity (Wildman–Crippen MR) is 57.7 cm³/mol. The molecule has 1 atom stereocenters. The molecule has 3 nitrogen and oxygen atoms in total. The monoisotopic (exact) mass is 191 g/mol. The van der Waals surface area contributed by atoms with Crippen LogP contribution in [0.4, 0.5) is 5.82 Å². The second-order valence-electron chi connectivity index (χ2n) is 4.22. The molecular weight excluding hydrogens is 174 g/mol. The second kappa shape index (κ2) is 3.96. The van der Waals surface area contributed by atoms with E-state index < -0.39 is 0 Å². The summed E-state index contributed by atoms with van der Waals surface area (Å²) in [5, 5.41) is 0. The molecule has 14 heavy (non-hydrogen) atoms. The Morgan fingerprint density at radius 3 is 3.14 bits per heavy atom. The summed E-state index contributed by atoms with van der Waals surface area (Å²) in [4.78, 5) is 6.46. The summed E-state index contributed by atoms with van der Waals surface area (Å²) in [6.07, 6.45) is 3.10. The minimum atomic E-state index is 0.620. The van der Waals surface area contributed by atoms with E-state index in [1.165, 1.54) is 25.1 Å². The second-order valence-corrected chi connectivity index (χ2v) is 4.22. The average Bonchev–Trinajstić information content (AvgIpc) is 2.51. The van der Waals surface area contributed by atoms with Gasteiger partial charge in [-0.15, -0.1) is 0 Å². The number of nitrogens with two attached hydrogens (primary N) is 1. The van der Waals surface area contributed by atoms with Crippen LogP contribution in [0.15, 0.2) is 18.3 Å². The zero-order valence-corrected chi connectivity index (χ0v) is 8.61. The number of hydrogen-bond donors (Lipinski definition) is 1. The van der Waals surface area contributed by atoms with E-state index in [4.69, 9.17) is 5.73 Å². The van der Waals surface area contributed by atoms with Gasteiger partial charge in [-0.1, -0.05) is 6.92 Å².